The van der Waals surface area contributed by atoms with Crippen molar-refractivity contribution in [3.63, 3.8) is 0 Å². The summed E-state index contributed by atoms with van der Waals surface area (Å²) < 4.78 is 5.53. The standard InChI is InChI=1S/C14H20O3/c1-8-4-6-11-10(3)12(7-5-9(2)15)17-14(16)13(8)11/h5,7-8,11,13-14,16H,4,6H2,1-3H3/b7-5+/t8-,11-,13-,14-/m0/s1. The highest BCUT2D eigenvalue weighted by Gasteiger charge is 2.43. The molecule has 2 aliphatic rings. The molecule has 4 atom stereocenters. The Kier molecular flexibility index (Phi) is 3.38. The first-order valence-electron chi connectivity index (χ1n) is 6.25. The number of allylic oxidation sites excluding steroid dienone is 3. The summed E-state index contributed by atoms with van der Waals surface area (Å²) in [6.45, 7) is 5.72. The molecule has 2 rings (SSSR count). The van der Waals surface area contributed by atoms with E-state index in [-0.39, 0.29) is 11.7 Å². The van der Waals surface area contributed by atoms with Crippen molar-refractivity contribution in [1.29, 1.82) is 0 Å². The molecule has 3 heteroatoms. The van der Waals surface area contributed by atoms with Gasteiger partial charge in [0.15, 0.2) is 5.78 Å². The van der Waals surface area contributed by atoms with Gasteiger partial charge in [-0.1, -0.05) is 6.92 Å². The van der Waals surface area contributed by atoms with Gasteiger partial charge in [-0.3, -0.25) is 4.79 Å². The normalized spacial score (nSPS) is 37.2. The molecule has 0 unspecified atom stereocenters. The van der Waals surface area contributed by atoms with E-state index in [4.69, 9.17) is 4.74 Å². The van der Waals surface area contributed by atoms with Crippen molar-refractivity contribution in [2.75, 3.05) is 0 Å². The zero-order valence-corrected chi connectivity index (χ0v) is 10.6. The molecule has 3 nitrogen and oxygen atoms in total. The summed E-state index contributed by atoms with van der Waals surface area (Å²) >= 11 is 0. The summed E-state index contributed by atoms with van der Waals surface area (Å²) in [7, 11) is 0. The fourth-order valence-corrected chi connectivity index (χ4v) is 3.06. The van der Waals surface area contributed by atoms with E-state index in [9.17, 15) is 9.90 Å². The average Bonchev–Trinajstić information content (AvgIpc) is 2.64. The quantitative estimate of drug-likeness (QED) is 0.749. The van der Waals surface area contributed by atoms with E-state index in [2.05, 4.69) is 6.92 Å². The summed E-state index contributed by atoms with van der Waals surface area (Å²) in [4.78, 5) is 10.9. The number of ketones is 1. The van der Waals surface area contributed by atoms with Crippen LogP contribution in [0.2, 0.25) is 0 Å². The van der Waals surface area contributed by atoms with Crippen LogP contribution in [-0.2, 0) is 9.53 Å². The van der Waals surface area contributed by atoms with Gasteiger partial charge in [-0.05, 0) is 56.3 Å². The van der Waals surface area contributed by atoms with Crippen LogP contribution in [0, 0.1) is 17.8 Å². The lowest BCUT2D eigenvalue weighted by molar-refractivity contribution is -0.130. The Hall–Kier alpha value is -1.09. The largest absolute Gasteiger partial charge is 0.465 e. The van der Waals surface area contributed by atoms with Crippen LogP contribution in [0.25, 0.3) is 0 Å². The van der Waals surface area contributed by atoms with E-state index < -0.39 is 6.29 Å². The van der Waals surface area contributed by atoms with Gasteiger partial charge < -0.3 is 9.84 Å². The number of rotatable bonds is 2. The van der Waals surface area contributed by atoms with Crippen molar-refractivity contribution in [3.05, 3.63) is 23.5 Å². The van der Waals surface area contributed by atoms with Gasteiger partial charge in [0, 0.05) is 5.92 Å². The number of aliphatic hydroxyl groups is 1. The molecule has 1 N–H and O–H groups in total. The van der Waals surface area contributed by atoms with Gasteiger partial charge in [-0.25, -0.2) is 0 Å². The Labute approximate surface area is 102 Å². The van der Waals surface area contributed by atoms with E-state index in [1.165, 1.54) is 18.6 Å². The highest BCUT2D eigenvalue weighted by Crippen LogP contribution is 2.47. The van der Waals surface area contributed by atoms with Crippen molar-refractivity contribution in [1.82, 2.24) is 0 Å². The van der Waals surface area contributed by atoms with Crippen molar-refractivity contribution in [2.45, 2.75) is 39.9 Å². The molecule has 0 spiro atoms. The fraction of sp³-hybridized carbons (Fsp3) is 0.643. The summed E-state index contributed by atoms with van der Waals surface area (Å²) in [5.41, 5.74) is 1.17. The number of fused-ring (bicyclic) bond motifs is 1. The van der Waals surface area contributed by atoms with Crippen LogP contribution in [0.5, 0.6) is 0 Å². The molecule has 0 bridgehead atoms. The second kappa shape index (κ2) is 4.65. The molecule has 0 aromatic heterocycles. The van der Waals surface area contributed by atoms with Gasteiger partial charge in [0.25, 0.3) is 0 Å². The highest BCUT2D eigenvalue weighted by atomic mass is 16.6. The van der Waals surface area contributed by atoms with E-state index in [0.29, 0.717) is 17.6 Å². The lowest BCUT2D eigenvalue weighted by Crippen LogP contribution is -2.35. The molecule has 1 heterocycles. The topological polar surface area (TPSA) is 46.5 Å². The van der Waals surface area contributed by atoms with E-state index in [1.54, 1.807) is 6.08 Å². The lowest BCUT2D eigenvalue weighted by atomic mass is 9.83. The zero-order chi connectivity index (χ0) is 12.6. The molecule has 0 aromatic rings. The third-order valence-corrected chi connectivity index (χ3v) is 4.05. The van der Waals surface area contributed by atoms with Gasteiger partial charge in [0.05, 0.1) is 0 Å². The highest BCUT2D eigenvalue weighted by molar-refractivity contribution is 5.87. The number of carbonyl (C=O) groups is 1. The van der Waals surface area contributed by atoms with Gasteiger partial charge >= 0.3 is 0 Å². The first-order valence-corrected chi connectivity index (χ1v) is 6.25. The summed E-state index contributed by atoms with van der Waals surface area (Å²) in [6.07, 6.45) is 4.68. The molecule has 0 amide bonds. The first-order chi connectivity index (χ1) is 8.00. The van der Waals surface area contributed by atoms with E-state index in [0.717, 1.165) is 12.8 Å². The lowest BCUT2D eigenvalue weighted by Gasteiger charge is -2.34. The third kappa shape index (κ3) is 2.29. The molecular formula is C14H20O3. The van der Waals surface area contributed by atoms with Crippen molar-refractivity contribution >= 4 is 5.78 Å². The van der Waals surface area contributed by atoms with Crippen LogP contribution in [0.3, 0.4) is 0 Å². The maximum Gasteiger partial charge on any atom is 0.201 e. The first kappa shape index (κ1) is 12.4. The van der Waals surface area contributed by atoms with Crippen molar-refractivity contribution < 1.29 is 14.6 Å². The van der Waals surface area contributed by atoms with Gasteiger partial charge in [-0.2, -0.15) is 0 Å². The van der Waals surface area contributed by atoms with E-state index >= 15 is 0 Å². The maximum atomic E-state index is 10.9. The number of carbonyl (C=O) groups excluding carboxylic acids is 1. The van der Waals surface area contributed by atoms with Gasteiger partial charge in [0.2, 0.25) is 6.29 Å². The second-order valence-electron chi connectivity index (χ2n) is 5.24. The van der Waals surface area contributed by atoms with Crippen molar-refractivity contribution in [2.24, 2.45) is 17.8 Å². The molecule has 1 aliphatic heterocycles. The van der Waals surface area contributed by atoms with Crippen LogP contribution in [0.1, 0.15) is 33.6 Å². The predicted octanol–water partition coefficient (Wildman–Crippen LogP) is 2.42. The van der Waals surface area contributed by atoms with Crippen LogP contribution in [0.4, 0.5) is 0 Å². The smallest absolute Gasteiger partial charge is 0.201 e. The molecule has 1 aliphatic carbocycles. The molecule has 1 fully saturated rings. The van der Waals surface area contributed by atoms with Gasteiger partial charge in [-0.15, -0.1) is 0 Å². The zero-order valence-electron chi connectivity index (χ0n) is 10.6. The third-order valence-electron chi connectivity index (χ3n) is 4.05. The van der Waals surface area contributed by atoms with Crippen molar-refractivity contribution in [3.8, 4) is 0 Å². The minimum Gasteiger partial charge on any atom is -0.465 e. The number of aliphatic hydroxyl groups excluding tert-OH is 1. The predicted molar refractivity (Wildman–Crippen MR) is 65.0 cm³/mol. The van der Waals surface area contributed by atoms with E-state index in [1.807, 2.05) is 6.92 Å². The summed E-state index contributed by atoms with van der Waals surface area (Å²) in [6, 6.07) is 0. The fourth-order valence-electron chi connectivity index (χ4n) is 3.06. The molecule has 17 heavy (non-hydrogen) atoms. The second-order valence-corrected chi connectivity index (χ2v) is 5.24. The Morgan fingerprint density at radius 1 is 1.47 bits per heavy atom. The molecule has 94 valence electrons. The molecule has 0 aromatic carbocycles. The number of ether oxygens (including phenoxy) is 1. The summed E-state index contributed by atoms with van der Waals surface area (Å²) in [5.74, 6) is 1.78. The monoisotopic (exact) mass is 236 g/mol. The Morgan fingerprint density at radius 2 is 2.18 bits per heavy atom. The molecule has 1 saturated carbocycles. The van der Waals surface area contributed by atoms with Crippen LogP contribution >= 0.6 is 0 Å². The Balaban J connectivity index is 2.26. The molecule has 0 radical (unpaired) electrons. The molecule has 0 saturated heterocycles. The number of hydrogen-bond acceptors (Lipinski definition) is 3. The summed E-state index contributed by atoms with van der Waals surface area (Å²) in [5, 5.41) is 10.0. The van der Waals surface area contributed by atoms with Crippen LogP contribution < -0.4 is 0 Å². The average molecular weight is 236 g/mol. The number of hydrogen-bond donors (Lipinski definition) is 1. The maximum absolute atomic E-state index is 10.9. The minimum atomic E-state index is -0.729. The Bertz CT molecular complexity index is 381. The molecular weight excluding hydrogens is 216 g/mol. The van der Waals surface area contributed by atoms with Gasteiger partial charge in [0.1, 0.15) is 5.76 Å². The van der Waals surface area contributed by atoms with Crippen LogP contribution in [-0.4, -0.2) is 17.2 Å². The Morgan fingerprint density at radius 3 is 2.82 bits per heavy atom. The minimum absolute atomic E-state index is 0.00898. The SMILES string of the molecule is CC(=O)/C=C/C1=C(C)[C@@H]2CC[C@H](C)[C@@H]2[C@@H](O)O1. The van der Waals surface area contributed by atoms with Crippen LogP contribution in [0.15, 0.2) is 23.5 Å².